The van der Waals surface area contributed by atoms with E-state index in [1.807, 2.05) is 30.4 Å². The Hall–Kier alpha value is -1.89. The fourth-order valence-corrected chi connectivity index (χ4v) is 2.32. The highest BCUT2D eigenvalue weighted by molar-refractivity contribution is 5.98. The van der Waals surface area contributed by atoms with Crippen LogP contribution in [0.5, 0.6) is 0 Å². The predicted molar refractivity (Wildman–Crippen MR) is 64.7 cm³/mol. The molecule has 78 valence electrons. The number of carbonyl (C=O) groups is 1. The van der Waals surface area contributed by atoms with Crippen molar-refractivity contribution < 1.29 is 4.79 Å². The van der Waals surface area contributed by atoms with Gasteiger partial charge in [0.05, 0.1) is 5.92 Å². The van der Waals surface area contributed by atoms with Gasteiger partial charge in [0.2, 0.25) is 0 Å². The topological polar surface area (TPSA) is 17.1 Å². The normalized spacial score (nSPS) is 29.0. The van der Waals surface area contributed by atoms with Crippen LogP contribution in [-0.2, 0) is 4.79 Å². The summed E-state index contributed by atoms with van der Waals surface area (Å²) in [4.78, 5) is 11.7. The van der Waals surface area contributed by atoms with Crippen LogP contribution < -0.4 is 0 Å². The van der Waals surface area contributed by atoms with E-state index in [4.69, 9.17) is 0 Å². The van der Waals surface area contributed by atoms with Crippen LogP contribution in [0.2, 0.25) is 0 Å². The van der Waals surface area contributed by atoms with Gasteiger partial charge >= 0.3 is 0 Å². The van der Waals surface area contributed by atoms with Gasteiger partial charge in [-0.05, 0) is 17.2 Å². The number of ketones is 1. The molecular weight excluding hydrogens is 196 g/mol. The molecule has 0 spiro atoms. The van der Waals surface area contributed by atoms with Gasteiger partial charge in [0.15, 0.2) is 5.78 Å². The van der Waals surface area contributed by atoms with E-state index < -0.39 is 0 Å². The van der Waals surface area contributed by atoms with Gasteiger partial charge in [0.25, 0.3) is 0 Å². The van der Waals surface area contributed by atoms with Crippen LogP contribution in [0, 0.1) is 11.8 Å². The van der Waals surface area contributed by atoms with Crippen molar-refractivity contribution >= 4 is 11.9 Å². The first-order chi connectivity index (χ1) is 7.84. The van der Waals surface area contributed by atoms with E-state index >= 15 is 0 Å². The van der Waals surface area contributed by atoms with Crippen LogP contribution in [0.1, 0.15) is 5.56 Å². The first-order valence-corrected chi connectivity index (χ1v) is 5.51. The molecule has 0 saturated heterocycles. The molecule has 0 amide bonds. The number of rotatable bonds is 1. The Morgan fingerprint density at radius 2 is 1.81 bits per heavy atom. The molecule has 1 heteroatoms. The van der Waals surface area contributed by atoms with Crippen LogP contribution in [0.4, 0.5) is 0 Å². The minimum atomic E-state index is -0.0183. The zero-order chi connectivity index (χ0) is 11.0. The molecule has 2 aliphatic rings. The molecule has 0 fully saturated rings. The minimum Gasteiger partial charge on any atom is -0.294 e. The van der Waals surface area contributed by atoms with Crippen molar-refractivity contribution in [2.75, 3.05) is 0 Å². The maximum atomic E-state index is 11.7. The van der Waals surface area contributed by atoms with E-state index in [1.165, 1.54) is 11.1 Å². The van der Waals surface area contributed by atoms with Gasteiger partial charge in [-0.1, -0.05) is 54.6 Å². The summed E-state index contributed by atoms with van der Waals surface area (Å²) in [6.45, 7) is 0. The lowest BCUT2D eigenvalue weighted by Gasteiger charge is -2.17. The Kier molecular flexibility index (Phi) is 2.10. The van der Waals surface area contributed by atoms with E-state index in [9.17, 15) is 4.79 Å². The first kappa shape index (κ1) is 9.34. The highest BCUT2D eigenvalue weighted by Crippen LogP contribution is 2.36. The third kappa shape index (κ3) is 1.45. The van der Waals surface area contributed by atoms with Gasteiger partial charge in [-0.2, -0.15) is 0 Å². The molecule has 1 aromatic rings. The largest absolute Gasteiger partial charge is 0.294 e. The number of carbonyl (C=O) groups excluding carboxylic acids is 1. The molecule has 0 radical (unpaired) electrons. The molecule has 2 atom stereocenters. The van der Waals surface area contributed by atoms with Crippen molar-refractivity contribution in [3.8, 4) is 0 Å². The summed E-state index contributed by atoms with van der Waals surface area (Å²) in [7, 11) is 0. The number of hydrogen-bond donors (Lipinski definition) is 0. The van der Waals surface area contributed by atoms with Gasteiger partial charge in [-0.3, -0.25) is 4.79 Å². The Bertz CT molecular complexity index is 505. The number of fused-ring (bicyclic) bond motifs is 2. The summed E-state index contributed by atoms with van der Waals surface area (Å²) in [5, 5.41) is 0. The lowest BCUT2D eigenvalue weighted by molar-refractivity contribution is -0.116. The molecule has 2 bridgehead atoms. The molecule has 16 heavy (non-hydrogen) atoms. The number of benzene rings is 1. The van der Waals surface area contributed by atoms with Crippen molar-refractivity contribution in [3.63, 3.8) is 0 Å². The van der Waals surface area contributed by atoms with Crippen molar-refractivity contribution in [1.29, 1.82) is 0 Å². The molecule has 0 N–H and O–H groups in total. The van der Waals surface area contributed by atoms with E-state index in [2.05, 4.69) is 24.3 Å². The maximum absolute atomic E-state index is 11.7. The smallest absolute Gasteiger partial charge is 0.166 e. The lowest BCUT2D eigenvalue weighted by Crippen LogP contribution is -2.16. The fraction of sp³-hybridized carbons (Fsp3) is 0.133. The lowest BCUT2D eigenvalue weighted by atomic mass is 9.86. The van der Waals surface area contributed by atoms with Crippen molar-refractivity contribution in [3.05, 3.63) is 65.8 Å². The Balaban J connectivity index is 2.01. The number of hydrogen-bond acceptors (Lipinski definition) is 1. The van der Waals surface area contributed by atoms with Crippen LogP contribution in [-0.4, -0.2) is 5.78 Å². The van der Waals surface area contributed by atoms with Crippen LogP contribution in [0.25, 0.3) is 6.08 Å². The summed E-state index contributed by atoms with van der Waals surface area (Å²) in [5.74, 6) is 0.505. The SMILES string of the molecule is O=C1C=CC2C=CC1/C2=C/c1ccccc1. The average molecular weight is 208 g/mol. The fourth-order valence-electron chi connectivity index (χ4n) is 2.32. The summed E-state index contributed by atoms with van der Waals surface area (Å²) >= 11 is 0. The third-order valence-corrected chi connectivity index (χ3v) is 3.16. The zero-order valence-electron chi connectivity index (χ0n) is 8.84. The van der Waals surface area contributed by atoms with Crippen molar-refractivity contribution in [2.45, 2.75) is 0 Å². The molecule has 1 aromatic carbocycles. The van der Waals surface area contributed by atoms with Crippen LogP contribution in [0.15, 0.2) is 60.2 Å². The third-order valence-electron chi connectivity index (χ3n) is 3.16. The molecule has 0 aliphatic heterocycles. The molecule has 2 aliphatic carbocycles. The monoisotopic (exact) mass is 208 g/mol. The van der Waals surface area contributed by atoms with E-state index in [1.54, 1.807) is 6.08 Å². The quantitative estimate of drug-likeness (QED) is 0.648. The van der Waals surface area contributed by atoms with Gasteiger partial charge in [0, 0.05) is 5.92 Å². The second-order valence-corrected chi connectivity index (χ2v) is 4.20. The summed E-state index contributed by atoms with van der Waals surface area (Å²) < 4.78 is 0. The van der Waals surface area contributed by atoms with Crippen LogP contribution in [0.3, 0.4) is 0 Å². The Morgan fingerprint density at radius 1 is 1.00 bits per heavy atom. The van der Waals surface area contributed by atoms with Gasteiger partial charge < -0.3 is 0 Å². The summed E-state index contributed by atoms with van der Waals surface area (Å²) in [5.41, 5.74) is 2.37. The number of allylic oxidation sites excluding steroid dienone is 5. The van der Waals surface area contributed by atoms with Crippen molar-refractivity contribution in [2.24, 2.45) is 11.8 Å². The Labute approximate surface area is 94.8 Å². The maximum Gasteiger partial charge on any atom is 0.166 e. The van der Waals surface area contributed by atoms with E-state index in [-0.39, 0.29) is 11.7 Å². The van der Waals surface area contributed by atoms with E-state index in [0.29, 0.717) is 5.92 Å². The highest BCUT2D eigenvalue weighted by atomic mass is 16.1. The molecular formula is C15H12O. The first-order valence-electron chi connectivity index (χ1n) is 5.51. The molecule has 0 aromatic heterocycles. The van der Waals surface area contributed by atoms with Gasteiger partial charge in [-0.25, -0.2) is 0 Å². The molecule has 0 saturated carbocycles. The van der Waals surface area contributed by atoms with Crippen molar-refractivity contribution in [1.82, 2.24) is 0 Å². The van der Waals surface area contributed by atoms with Gasteiger partial charge in [-0.15, -0.1) is 0 Å². The standard InChI is InChI=1S/C15H12O/c16-15-9-7-12-6-8-13(15)14(12)10-11-4-2-1-3-5-11/h1-10,12-13H/b14-10+. The summed E-state index contributed by atoms with van der Waals surface area (Å²) in [6.07, 6.45) is 9.95. The van der Waals surface area contributed by atoms with Gasteiger partial charge in [0.1, 0.15) is 0 Å². The molecule has 1 nitrogen and oxygen atoms in total. The summed E-state index contributed by atoms with van der Waals surface area (Å²) in [6, 6.07) is 10.2. The second-order valence-electron chi connectivity index (χ2n) is 4.20. The van der Waals surface area contributed by atoms with E-state index in [0.717, 1.165) is 0 Å². The Morgan fingerprint density at radius 3 is 2.62 bits per heavy atom. The molecule has 2 unspecified atom stereocenters. The highest BCUT2D eigenvalue weighted by Gasteiger charge is 2.31. The zero-order valence-corrected chi connectivity index (χ0v) is 8.84. The van der Waals surface area contributed by atoms with Crippen LogP contribution >= 0.6 is 0 Å². The average Bonchev–Trinajstić information content (AvgIpc) is 2.60. The molecule has 3 rings (SSSR count). The second kappa shape index (κ2) is 3.60. The predicted octanol–water partition coefficient (Wildman–Crippen LogP) is 3.01. The minimum absolute atomic E-state index is 0.0183. The molecule has 0 heterocycles.